The smallest absolute Gasteiger partial charge is 0.238 e. The minimum absolute atomic E-state index is 0.0324. The van der Waals surface area contributed by atoms with Gasteiger partial charge in [-0.1, -0.05) is 23.7 Å². The maximum absolute atomic E-state index is 12.3. The van der Waals surface area contributed by atoms with Crippen LogP contribution in [0.15, 0.2) is 42.5 Å². The number of carbonyl (C=O) groups is 1. The van der Waals surface area contributed by atoms with Gasteiger partial charge in [-0.25, -0.2) is 0 Å². The molecular weight excluding hydrogens is 354 g/mol. The van der Waals surface area contributed by atoms with Crippen molar-refractivity contribution in [1.82, 2.24) is 4.90 Å². The number of nitrogens with one attached hydrogen (secondary N) is 1. The number of para-hydroxylation sites is 1. The summed E-state index contributed by atoms with van der Waals surface area (Å²) in [4.78, 5) is 16.7. The maximum atomic E-state index is 12.3. The lowest BCUT2D eigenvalue weighted by Crippen LogP contribution is -2.48. The number of benzene rings is 2. The summed E-state index contributed by atoms with van der Waals surface area (Å²) in [7, 11) is 0. The number of halogens is 1. The van der Waals surface area contributed by atoms with Gasteiger partial charge in [0.15, 0.2) is 11.5 Å². The lowest BCUT2D eigenvalue weighted by molar-refractivity contribution is -0.117. The summed E-state index contributed by atoms with van der Waals surface area (Å²) in [6.07, 6.45) is 0. The molecule has 0 unspecified atom stereocenters. The van der Waals surface area contributed by atoms with Gasteiger partial charge in [0.1, 0.15) is 0 Å². The van der Waals surface area contributed by atoms with Gasteiger partial charge in [-0.05, 0) is 24.3 Å². The van der Waals surface area contributed by atoms with Gasteiger partial charge < -0.3 is 19.7 Å². The molecular formula is C19H20ClN3O3. The van der Waals surface area contributed by atoms with E-state index < -0.39 is 0 Å². The first-order valence-electron chi connectivity index (χ1n) is 8.60. The van der Waals surface area contributed by atoms with Crippen LogP contribution < -0.4 is 19.7 Å². The fourth-order valence-electron chi connectivity index (χ4n) is 3.23. The fraction of sp³-hybridized carbons (Fsp3) is 0.316. The normalized spacial score (nSPS) is 16.6. The molecule has 2 aromatic rings. The highest BCUT2D eigenvalue weighted by molar-refractivity contribution is 6.33. The van der Waals surface area contributed by atoms with Gasteiger partial charge in [0.05, 0.1) is 17.3 Å². The Labute approximate surface area is 157 Å². The monoisotopic (exact) mass is 373 g/mol. The van der Waals surface area contributed by atoms with Gasteiger partial charge in [0.2, 0.25) is 12.7 Å². The van der Waals surface area contributed by atoms with Gasteiger partial charge in [-0.2, -0.15) is 0 Å². The van der Waals surface area contributed by atoms with Crippen LogP contribution in [0.5, 0.6) is 11.5 Å². The van der Waals surface area contributed by atoms with Crippen molar-refractivity contribution in [2.24, 2.45) is 0 Å². The van der Waals surface area contributed by atoms with Crippen LogP contribution in [-0.2, 0) is 4.79 Å². The third kappa shape index (κ3) is 3.71. The predicted octanol–water partition coefficient (Wildman–Crippen LogP) is 2.83. The van der Waals surface area contributed by atoms with Crippen molar-refractivity contribution in [3.8, 4) is 11.5 Å². The number of nitrogens with zero attached hydrogens (tertiary/aromatic N) is 2. The molecule has 2 aliphatic heterocycles. The number of hydrogen-bond donors (Lipinski definition) is 1. The molecule has 2 aromatic carbocycles. The van der Waals surface area contributed by atoms with Gasteiger partial charge >= 0.3 is 0 Å². The van der Waals surface area contributed by atoms with Crippen molar-refractivity contribution in [2.75, 3.05) is 49.7 Å². The van der Waals surface area contributed by atoms with Gasteiger partial charge in [0.25, 0.3) is 0 Å². The maximum Gasteiger partial charge on any atom is 0.238 e. The van der Waals surface area contributed by atoms with Crippen molar-refractivity contribution >= 4 is 28.9 Å². The summed E-state index contributed by atoms with van der Waals surface area (Å²) in [6.45, 7) is 3.93. The van der Waals surface area contributed by atoms with E-state index in [2.05, 4.69) is 15.1 Å². The van der Waals surface area contributed by atoms with E-state index >= 15 is 0 Å². The Morgan fingerprint density at radius 3 is 2.62 bits per heavy atom. The highest BCUT2D eigenvalue weighted by Crippen LogP contribution is 2.34. The van der Waals surface area contributed by atoms with Gasteiger partial charge in [-0.3, -0.25) is 9.69 Å². The van der Waals surface area contributed by atoms with Crippen LogP contribution in [0.3, 0.4) is 0 Å². The molecule has 1 N–H and O–H groups in total. The lowest BCUT2D eigenvalue weighted by atomic mass is 10.2. The number of carbonyl (C=O) groups excluding carboxylic acids is 1. The number of hydrogen-bond acceptors (Lipinski definition) is 5. The first kappa shape index (κ1) is 17.0. The molecule has 0 bridgehead atoms. The summed E-state index contributed by atoms with van der Waals surface area (Å²) in [6, 6.07) is 13.3. The SMILES string of the molecule is O=C(CN1CCN(c2ccccc2Cl)CC1)Nc1ccc2c(c1)OCO2. The second-order valence-electron chi connectivity index (χ2n) is 6.33. The summed E-state index contributed by atoms with van der Waals surface area (Å²) < 4.78 is 10.6. The summed E-state index contributed by atoms with van der Waals surface area (Å²) >= 11 is 6.27. The quantitative estimate of drug-likeness (QED) is 0.893. The number of fused-ring (bicyclic) bond motifs is 1. The van der Waals surface area contributed by atoms with Crippen LogP contribution in [0.4, 0.5) is 11.4 Å². The molecule has 0 aliphatic carbocycles. The van der Waals surface area contributed by atoms with E-state index in [-0.39, 0.29) is 12.7 Å². The van der Waals surface area contributed by atoms with E-state index in [9.17, 15) is 4.79 Å². The average Bonchev–Trinajstić information content (AvgIpc) is 3.11. The Morgan fingerprint density at radius 2 is 1.81 bits per heavy atom. The summed E-state index contributed by atoms with van der Waals surface area (Å²) in [5, 5.41) is 3.69. The Bertz CT molecular complexity index is 806. The largest absolute Gasteiger partial charge is 0.454 e. The van der Waals surface area contributed by atoms with Crippen LogP contribution in [-0.4, -0.2) is 50.3 Å². The number of ether oxygens (including phenoxy) is 2. The van der Waals surface area contributed by atoms with Crippen LogP contribution in [0.1, 0.15) is 0 Å². The molecule has 1 fully saturated rings. The molecule has 26 heavy (non-hydrogen) atoms. The number of piperazine rings is 1. The van der Waals surface area contributed by atoms with E-state index in [0.717, 1.165) is 36.9 Å². The van der Waals surface area contributed by atoms with E-state index in [0.29, 0.717) is 23.7 Å². The topological polar surface area (TPSA) is 54.0 Å². The van der Waals surface area contributed by atoms with E-state index in [4.69, 9.17) is 21.1 Å². The van der Waals surface area contributed by atoms with Crippen molar-refractivity contribution in [3.05, 3.63) is 47.5 Å². The minimum atomic E-state index is -0.0324. The van der Waals surface area contributed by atoms with E-state index in [1.54, 1.807) is 12.1 Å². The lowest BCUT2D eigenvalue weighted by Gasteiger charge is -2.36. The molecule has 6 nitrogen and oxygen atoms in total. The van der Waals surface area contributed by atoms with Crippen LogP contribution in [0.25, 0.3) is 0 Å². The van der Waals surface area contributed by atoms with Crippen molar-refractivity contribution in [1.29, 1.82) is 0 Å². The number of anilines is 2. The molecule has 0 spiro atoms. The molecule has 0 saturated carbocycles. The van der Waals surface area contributed by atoms with E-state index in [1.165, 1.54) is 0 Å². The Balaban J connectivity index is 1.29. The minimum Gasteiger partial charge on any atom is -0.454 e. The van der Waals surface area contributed by atoms with Crippen molar-refractivity contribution < 1.29 is 14.3 Å². The molecule has 7 heteroatoms. The number of rotatable bonds is 4. The second kappa shape index (κ2) is 7.43. The fourth-order valence-corrected chi connectivity index (χ4v) is 3.49. The molecule has 0 radical (unpaired) electrons. The first-order chi connectivity index (χ1) is 12.7. The number of amides is 1. The Kier molecular flexibility index (Phi) is 4.86. The molecule has 136 valence electrons. The van der Waals surface area contributed by atoms with Crippen molar-refractivity contribution in [2.45, 2.75) is 0 Å². The van der Waals surface area contributed by atoms with Gasteiger partial charge in [-0.15, -0.1) is 0 Å². The molecule has 0 atom stereocenters. The average molecular weight is 374 g/mol. The highest BCUT2D eigenvalue weighted by atomic mass is 35.5. The van der Waals surface area contributed by atoms with E-state index in [1.807, 2.05) is 30.3 Å². The second-order valence-corrected chi connectivity index (χ2v) is 6.74. The first-order valence-corrected chi connectivity index (χ1v) is 8.98. The Morgan fingerprint density at radius 1 is 1.04 bits per heavy atom. The van der Waals surface area contributed by atoms with Crippen LogP contribution in [0, 0.1) is 0 Å². The molecule has 0 aromatic heterocycles. The van der Waals surface area contributed by atoms with Crippen molar-refractivity contribution in [3.63, 3.8) is 0 Å². The van der Waals surface area contributed by atoms with Gasteiger partial charge in [0, 0.05) is 37.9 Å². The zero-order valence-electron chi connectivity index (χ0n) is 14.3. The standard InChI is InChI=1S/C19H20ClN3O3/c20-15-3-1-2-4-16(15)23-9-7-22(8-10-23)12-19(24)21-14-5-6-17-18(11-14)26-13-25-17/h1-6,11H,7-10,12-13H2,(H,21,24). The van der Waals surface area contributed by atoms with Crippen LogP contribution >= 0.6 is 11.6 Å². The predicted molar refractivity (Wildman–Crippen MR) is 101 cm³/mol. The molecule has 1 saturated heterocycles. The summed E-state index contributed by atoms with van der Waals surface area (Å²) in [5.74, 6) is 1.34. The highest BCUT2D eigenvalue weighted by Gasteiger charge is 2.21. The molecule has 2 heterocycles. The molecule has 2 aliphatic rings. The molecule has 4 rings (SSSR count). The summed E-state index contributed by atoms with van der Waals surface area (Å²) in [5.41, 5.74) is 1.77. The molecule has 1 amide bonds. The third-order valence-corrected chi connectivity index (χ3v) is 4.91. The zero-order valence-corrected chi connectivity index (χ0v) is 15.0. The third-order valence-electron chi connectivity index (χ3n) is 4.59. The Hall–Kier alpha value is -2.44. The zero-order chi connectivity index (χ0) is 17.9. The van der Waals surface area contributed by atoms with Crippen LogP contribution in [0.2, 0.25) is 5.02 Å².